The third-order valence-corrected chi connectivity index (χ3v) is 4.29. The zero-order valence-electron chi connectivity index (χ0n) is 12.9. The van der Waals surface area contributed by atoms with E-state index in [1.807, 2.05) is 11.8 Å². The van der Waals surface area contributed by atoms with E-state index >= 15 is 0 Å². The van der Waals surface area contributed by atoms with Gasteiger partial charge in [0.1, 0.15) is 0 Å². The van der Waals surface area contributed by atoms with Crippen molar-refractivity contribution < 1.29 is 9.53 Å². The zero-order chi connectivity index (χ0) is 14.4. The van der Waals surface area contributed by atoms with Gasteiger partial charge in [0.05, 0.1) is 6.10 Å². The highest BCUT2D eigenvalue weighted by atomic mass is 16.5. The highest BCUT2D eigenvalue weighted by Crippen LogP contribution is 2.15. The van der Waals surface area contributed by atoms with Gasteiger partial charge in [0.25, 0.3) is 0 Å². The second kappa shape index (κ2) is 7.96. The molecular formula is C15H29N3O2. The number of rotatable bonds is 6. The molecular weight excluding hydrogens is 254 g/mol. The van der Waals surface area contributed by atoms with Gasteiger partial charge in [-0.3, -0.25) is 9.69 Å². The number of carbonyl (C=O) groups is 1. The minimum Gasteiger partial charge on any atom is -0.377 e. The first-order chi connectivity index (χ1) is 9.70. The highest BCUT2D eigenvalue weighted by molar-refractivity contribution is 5.78. The summed E-state index contributed by atoms with van der Waals surface area (Å²) in [6, 6.07) is 0. The van der Waals surface area contributed by atoms with Gasteiger partial charge in [0.2, 0.25) is 5.91 Å². The Morgan fingerprint density at radius 1 is 1.35 bits per heavy atom. The minimum absolute atomic E-state index is 0.0830. The van der Waals surface area contributed by atoms with Crippen LogP contribution in [0.25, 0.3) is 0 Å². The Morgan fingerprint density at radius 3 is 2.70 bits per heavy atom. The molecule has 20 heavy (non-hydrogen) atoms. The Bertz CT molecular complexity index is 297. The maximum absolute atomic E-state index is 12.3. The van der Waals surface area contributed by atoms with E-state index in [2.05, 4.69) is 17.1 Å². The summed E-state index contributed by atoms with van der Waals surface area (Å²) in [7, 11) is 0. The quantitative estimate of drug-likeness (QED) is 0.773. The molecule has 5 heteroatoms. The van der Waals surface area contributed by atoms with Crippen molar-refractivity contribution in [1.29, 1.82) is 0 Å². The fourth-order valence-electron chi connectivity index (χ4n) is 2.99. The monoisotopic (exact) mass is 283 g/mol. The molecule has 2 saturated heterocycles. The smallest absolute Gasteiger partial charge is 0.226 e. The number of carbonyl (C=O) groups excluding carboxylic acids is 1. The number of nitrogens with zero attached hydrogens (tertiary/aromatic N) is 2. The van der Waals surface area contributed by atoms with E-state index in [1.165, 1.54) is 12.8 Å². The lowest BCUT2D eigenvalue weighted by atomic mass is 10.1. The number of hydrogen-bond acceptors (Lipinski definition) is 4. The summed E-state index contributed by atoms with van der Waals surface area (Å²) < 4.78 is 5.68. The molecule has 2 atom stereocenters. The van der Waals surface area contributed by atoms with Gasteiger partial charge in [0.15, 0.2) is 0 Å². The molecule has 1 N–H and O–H groups in total. The van der Waals surface area contributed by atoms with Gasteiger partial charge in [-0.2, -0.15) is 0 Å². The second-order valence-electron chi connectivity index (χ2n) is 5.97. The molecule has 0 bridgehead atoms. The molecule has 5 nitrogen and oxygen atoms in total. The third kappa shape index (κ3) is 4.43. The van der Waals surface area contributed by atoms with Crippen LogP contribution < -0.4 is 5.32 Å². The van der Waals surface area contributed by atoms with Crippen LogP contribution in [-0.2, 0) is 9.53 Å². The van der Waals surface area contributed by atoms with Gasteiger partial charge in [-0.15, -0.1) is 0 Å². The molecule has 116 valence electrons. The molecule has 0 spiro atoms. The standard InChI is InChI=1S/C15H29N3O2/c1-3-16-11-13(2)15(19)18-8-6-17(7-9-18)12-14-5-4-10-20-14/h13-14,16H,3-12H2,1-2H3. The predicted octanol–water partition coefficient (Wildman–Crippen LogP) is 0.555. The summed E-state index contributed by atoms with van der Waals surface area (Å²) in [5.74, 6) is 0.377. The summed E-state index contributed by atoms with van der Waals surface area (Å²) in [5, 5.41) is 3.25. The van der Waals surface area contributed by atoms with Crippen molar-refractivity contribution in [3.05, 3.63) is 0 Å². The molecule has 2 aliphatic heterocycles. The maximum atomic E-state index is 12.3. The largest absolute Gasteiger partial charge is 0.377 e. The summed E-state index contributed by atoms with van der Waals surface area (Å²) in [4.78, 5) is 16.8. The van der Waals surface area contributed by atoms with E-state index in [1.54, 1.807) is 0 Å². The molecule has 2 fully saturated rings. The molecule has 0 aliphatic carbocycles. The SMILES string of the molecule is CCNCC(C)C(=O)N1CCN(CC2CCCO2)CC1. The molecule has 2 unspecified atom stereocenters. The average Bonchev–Trinajstić information content (AvgIpc) is 2.97. The molecule has 2 rings (SSSR count). The van der Waals surface area contributed by atoms with E-state index in [0.717, 1.165) is 52.4 Å². The van der Waals surface area contributed by atoms with Crippen molar-refractivity contribution in [2.24, 2.45) is 5.92 Å². The van der Waals surface area contributed by atoms with E-state index < -0.39 is 0 Å². The molecule has 2 heterocycles. The molecule has 0 radical (unpaired) electrons. The topological polar surface area (TPSA) is 44.8 Å². The van der Waals surface area contributed by atoms with Gasteiger partial charge in [-0.1, -0.05) is 13.8 Å². The van der Waals surface area contributed by atoms with Crippen LogP contribution in [0.2, 0.25) is 0 Å². The van der Waals surface area contributed by atoms with Gasteiger partial charge in [0, 0.05) is 51.8 Å². The normalized spacial score (nSPS) is 25.9. The molecule has 1 amide bonds. The van der Waals surface area contributed by atoms with Gasteiger partial charge < -0.3 is 15.0 Å². The summed E-state index contributed by atoms with van der Waals surface area (Å²) in [6.45, 7) is 11.5. The van der Waals surface area contributed by atoms with Crippen LogP contribution >= 0.6 is 0 Å². The first-order valence-corrected chi connectivity index (χ1v) is 8.04. The number of amides is 1. The Morgan fingerprint density at radius 2 is 2.10 bits per heavy atom. The van der Waals surface area contributed by atoms with Crippen molar-refractivity contribution in [3.8, 4) is 0 Å². The highest BCUT2D eigenvalue weighted by Gasteiger charge is 2.26. The average molecular weight is 283 g/mol. The first-order valence-electron chi connectivity index (χ1n) is 8.04. The summed E-state index contributed by atoms with van der Waals surface area (Å²) >= 11 is 0. The lowest BCUT2D eigenvalue weighted by Gasteiger charge is -2.36. The van der Waals surface area contributed by atoms with Gasteiger partial charge in [-0.25, -0.2) is 0 Å². The number of piperazine rings is 1. The predicted molar refractivity (Wildman–Crippen MR) is 79.7 cm³/mol. The fraction of sp³-hybridized carbons (Fsp3) is 0.933. The Labute approximate surface area is 122 Å². The van der Waals surface area contributed by atoms with Crippen molar-refractivity contribution >= 4 is 5.91 Å². The van der Waals surface area contributed by atoms with E-state index in [-0.39, 0.29) is 5.92 Å². The minimum atomic E-state index is 0.0830. The van der Waals surface area contributed by atoms with Crippen LogP contribution in [0.4, 0.5) is 0 Å². The van der Waals surface area contributed by atoms with Crippen LogP contribution in [-0.4, -0.2) is 74.2 Å². The van der Waals surface area contributed by atoms with Crippen LogP contribution in [0.1, 0.15) is 26.7 Å². The van der Waals surface area contributed by atoms with Crippen LogP contribution in [0, 0.1) is 5.92 Å². The first kappa shape index (κ1) is 15.7. The van der Waals surface area contributed by atoms with Crippen LogP contribution in [0.15, 0.2) is 0 Å². The second-order valence-corrected chi connectivity index (χ2v) is 5.97. The summed E-state index contributed by atoms with van der Waals surface area (Å²) in [5.41, 5.74) is 0. The number of ether oxygens (including phenoxy) is 1. The van der Waals surface area contributed by atoms with E-state index in [4.69, 9.17) is 4.74 Å². The van der Waals surface area contributed by atoms with Crippen molar-refractivity contribution in [1.82, 2.24) is 15.1 Å². The zero-order valence-corrected chi connectivity index (χ0v) is 12.9. The van der Waals surface area contributed by atoms with Crippen LogP contribution in [0.3, 0.4) is 0 Å². The maximum Gasteiger partial charge on any atom is 0.226 e. The van der Waals surface area contributed by atoms with Crippen molar-refractivity contribution in [2.45, 2.75) is 32.8 Å². The van der Waals surface area contributed by atoms with Crippen molar-refractivity contribution in [3.63, 3.8) is 0 Å². The van der Waals surface area contributed by atoms with Crippen LogP contribution in [0.5, 0.6) is 0 Å². The Kier molecular flexibility index (Phi) is 6.26. The Balaban J connectivity index is 1.68. The van der Waals surface area contributed by atoms with Crippen molar-refractivity contribution in [2.75, 3.05) is 52.4 Å². The van der Waals surface area contributed by atoms with Gasteiger partial charge >= 0.3 is 0 Å². The number of nitrogens with one attached hydrogen (secondary N) is 1. The molecule has 0 aromatic heterocycles. The lowest BCUT2D eigenvalue weighted by molar-refractivity contribution is -0.136. The third-order valence-electron chi connectivity index (χ3n) is 4.29. The Hall–Kier alpha value is -0.650. The van der Waals surface area contributed by atoms with E-state index in [9.17, 15) is 4.79 Å². The molecule has 0 aromatic carbocycles. The van der Waals surface area contributed by atoms with Gasteiger partial charge in [-0.05, 0) is 19.4 Å². The lowest BCUT2D eigenvalue weighted by Crippen LogP contribution is -2.52. The molecule has 2 aliphatic rings. The molecule has 0 aromatic rings. The summed E-state index contributed by atoms with van der Waals surface area (Å²) in [6.07, 6.45) is 2.81. The molecule has 0 saturated carbocycles. The van der Waals surface area contributed by atoms with E-state index in [0.29, 0.717) is 12.0 Å². The fourth-order valence-corrected chi connectivity index (χ4v) is 2.99. The number of hydrogen-bond donors (Lipinski definition) is 1.